The van der Waals surface area contributed by atoms with E-state index in [4.69, 9.17) is 0 Å². The Morgan fingerprint density at radius 3 is 2.41 bits per heavy atom. The minimum Gasteiger partial charge on any atom is -0.371 e. The van der Waals surface area contributed by atoms with Crippen LogP contribution in [-0.4, -0.2) is 66.9 Å². The van der Waals surface area contributed by atoms with E-state index in [1.54, 1.807) is 17.0 Å². The van der Waals surface area contributed by atoms with E-state index in [2.05, 4.69) is 53.2 Å². The number of anilines is 1. The Balaban J connectivity index is 1.57. The van der Waals surface area contributed by atoms with Gasteiger partial charge < -0.3 is 20.0 Å². The minimum atomic E-state index is -0.788. The molecule has 2 aromatic carbocycles. The van der Waals surface area contributed by atoms with Crippen molar-refractivity contribution in [1.82, 2.24) is 15.1 Å². The molecule has 212 valence electrons. The van der Waals surface area contributed by atoms with Crippen LogP contribution in [0.15, 0.2) is 48.5 Å². The fraction of sp³-hybridized carbons (Fsp3) is 0.562. The van der Waals surface area contributed by atoms with Crippen molar-refractivity contribution in [2.75, 3.05) is 44.2 Å². The molecule has 0 spiro atoms. The van der Waals surface area contributed by atoms with Crippen LogP contribution in [0, 0.1) is 5.82 Å². The van der Waals surface area contributed by atoms with Crippen LogP contribution in [0.4, 0.5) is 10.1 Å². The van der Waals surface area contributed by atoms with Gasteiger partial charge in [-0.15, -0.1) is 0 Å². The Labute approximate surface area is 233 Å². The summed E-state index contributed by atoms with van der Waals surface area (Å²) in [6, 6.07) is 13.8. The van der Waals surface area contributed by atoms with Crippen molar-refractivity contribution in [3.8, 4) is 0 Å². The maximum Gasteiger partial charge on any atom is 0.247 e. The molecule has 1 fully saturated rings. The van der Waals surface area contributed by atoms with E-state index in [9.17, 15) is 14.0 Å². The molecular formula is C32H45FN4O2. The SMILES string of the molecule is CCN(CC)CCN(C(=O)CCN1CCCc2ccccc21)C(C(=O)NC1CCCCC1)c1ccc(F)cc1. The molecule has 2 aliphatic rings. The van der Waals surface area contributed by atoms with Gasteiger partial charge in [0, 0.05) is 44.3 Å². The third kappa shape index (κ3) is 7.81. The Kier molecular flexibility index (Phi) is 10.8. The molecule has 7 heteroatoms. The van der Waals surface area contributed by atoms with E-state index in [1.165, 1.54) is 29.8 Å². The molecule has 1 saturated carbocycles. The van der Waals surface area contributed by atoms with Crippen LogP contribution in [0.2, 0.25) is 0 Å². The number of fused-ring (bicyclic) bond motifs is 1. The number of amides is 2. The molecule has 1 heterocycles. The number of carbonyl (C=O) groups is 2. The summed E-state index contributed by atoms with van der Waals surface area (Å²) in [5, 5.41) is 3.25. The van der Waals surface area contributed by atoms with E-state index >= 15 is 0 Å². The number of hydrogen-bond donors (Lipinski definition) is 1. The van der Waals surface area contributed by atoms with E-state index in [-0.39, 0.29) is 23.7 Å². The third-order valence-corrected chi connectivity index (χ3v) is 8.37. The standard InChI is InChI=1S/C32H45FN4O2/c1-3-35(4-2)23-24-37(30(38)20-22-36-21-10-12-25-11-8-9-15-29(25)36)31(26-16-18-27(33)19-17-26)32(39)34-28-13-6-5-7-14-28/h8-9,11,15-19,28,31H,3-7,10,12-14,20-24H2,1-2H3,(H,34,39). The van der Waals surface area contributed by atoms with E-state index in [0.717, 1.165) is 58.2 Å². The normalized spacial score (nSPS) is 16.6. The van der Waals surface area contributed by atoms with Crippen LogP contribution < -0.4 is 10.2 Å². The molecule has 2 aromatic rings. The second-order valence-electron chi connectivity index (χ2n) is 10.9. The second-order valence-corrected chi connectivity index (χ2v) is 10.9. The maximum absolute atomic E-state index is 14.0. The molecule has 0 radical (unpaired) electrons. The summed E-state index contributed by atoms with van der Waals surface area (Å²) in [4.78, 5) is 34.2. The molecule has 1 aliphatic heterocycles. The zero-order chi connectivity index (χ0) is 27.6. The fourth-order valence-electron chi connectivity index (χ4n) is 6.05. The van der Waals surface area contributed by atoms with Crippen LogP contribution in [-0.2, 0) is 16.0 Å². The first kappa shape index (κ1) is 29.1. The number of likely N-dealkylation sites (N-methyl/N-ethyl adjacent to an activating group) is 1. The molecule has 1 N–H and O–H groups in total. The number of carbonyl (C=O) groups excluding carboxylic acids is 2. The molecule has 0 saturated heterocycles. The predicted octanol–water partition coefficient (Wildman–Crippen LogP) is 5.33. The first-order valence-electron chi connectivity index (χ1n) is 14.9. The van der Waals surface area contributed by atoms with E-state index < -0.39 is 6.04 Å². The lowest BCUT2D eigenvalue weighted by Gasteiger charge is -2.36. The van der Waals surface area contributed by atoms with Crippen molar-refractivity contribution < 1.29 is 14.0 Å². The largest absolute Gasteiger partial charge is 0.371 e. The topological polar surface area (TPSA) is 55.9 Å². The number of aryl methyl sites for hydroxylation is 1. The Hall–Kier alpha value is -2.93. The quantitative estimate of drug-likeness (QED) is 0.399. The lowest BCUT2D eigenvalue weighted by molar-refractivity contribution is -0.141. The molecule has 6 nitrogen and oxygen atoms in total. The highest BCUT2D eigenvalue weighted by Gasteiger charge is 2.33. The Morgan fingerprint density at radius 1 is 0.974 bits per heavy atom. The number of nitrogens with zero attached hydrogens (tertiary/aromatic N) is 3. The van der Waals surface area contributed by atoms with Gasteiger partial charge in [-0.2, -0.15) is 0 Å². The zero-order valence-corrected chi connectivity index (χ0v) is 23.7. The minimum absolute atomic E-state index is 0.0432. The number of hydrogen-bond acceptors (Lipinski definition) is 4. The third-order valence-electron chi connectivity index (χ3n) is 8.37. The number of nitrogens with one attached hydrogen (secondary N) is 1. The summed E-state index contributed by atoms with van der Waals surface area (Å²) in [7, 11) is 0. The van der Waals surface area contributed by atoms with Crippen LogP contribution in [0.5, 0.6) is 0 Å². The molecule has 1 aliphatic carbocycles. The van der Waals surface area contributed by atoms with Crippen molar-refractivity contribution in [3.63, 3.8) is 0 Å². The summed E-state index contributed by atoms with van der Waals surface area (Å²) in [5.74, 6) is -0.557. The number of rotatable bonds is 12. The van der Waals surface area contributed by atoms with Gasteiger partial charge in [-0.1, -0.05) is 63.4 Å². The summed E-state index contributed by atoms with van der Waals surface area (Å²) in [6.07, 6.45) is 7.78. The van der Waals surface area contributed by atoms with Gasteiger partial charge in [-0.25, -0.2) is 4.39 Å². The summed E-state index contributed by atoms with van der Waals surface area (Å²) in [5.41, 5.74) is 3.18. The highest BCUT2D eigenvalue weighted by atomic mass is 19.1. The Morgan fingerprint density at radius 2 is 1.69 bits per heavy atom. The monoisotopic (exact) mass is 536 g/mol. The predicted molar refractivity (Wildman–Crippen MR) is 155 cm³/mol. The smallest absolute Gasteiger partial charge is 0.247 e. The van der Waals surface area contributed by atoms with Gasteiger partial charge in [0.25, 0.3) is 0 Å². The second kappa shape index (κ2) is 14.5. The lowest BCUT2D eigenvalue weighted by atomic mass is 9.94. The van der Waals surface area contributed by atoms with Gasteiger partial charge >= 0.3 is 0 Å². The molecule has 4 rings (SSSR count). The van der Waals surface area contributed by atoms with Gasteiger partial charge in [-0.05, 0) is 68.1 Å². The first-order chi connectivity index (χ1) is 19.0. The van der Waals surface area contributed by atoms with Gasteiger partial charge in [0.1, 0.15) is 11.9 Å². The highest BCUT2D eigenvalue weighted by Crippen LogP contribution is 2.28. The number of benzene rings is 2. The van der Waals surface area contributed by atoms with Crippen molar-refractivity contribution in [3.05, 3.63) is 65.5 Å². The van der Waals surface area contributed by atoms with Crippen molar-refractivity contribution in [2.24, 2.45) is 0 Å². The van der Waals surface area contributed by atoms with Crippen molar-refractivity contribution in [2.45, 2.75) is 77.3 Å². The van der Waals surface area contributed by atoms with Crippen LogP contribution in [0.1, 0.15) is 76.0 Å². The fourth-order valence-corrected chi connectivity index (χ4v) is 6.05. The number of para-hydroxylation sites is 1. The van der Waals surface area contributed by atoms with Crippen LogP contribution in [0.25, 0.3) is 0 Å². The maximum atomic E-state index is 14.0. The van der Waals surface area contributed by atoms with Gasteiger partial charge in [0.2, 0.25) is 11.8 Å². The Bertz CT molecular complexity index is 1070. The van der Waals surface area contributed by atoms with Crippen molar-refractivity contribution >= 4 is 17.5 Å². The average Bonchev–Trinajstić information content (AvgIpc) is 2.97. The molecule has 2 amide bonds. The first-order valence-corrected chi connectivity index (χ1v) is 14.9. The molecule has 1 atom stereocenters. The van der Waals surface area contributed by atoms with Crippen molar-refractivity contribution in [1.29, 1.82) is 0 Å². The van der Waals surface area contributed by atoms with Crippen LogP contribution in [0.3, 0.4) is 0 Å². The van der Waals surface area contributed by atoms with E-state index in [0.29, 0.717) is 31.6 Å². The molecule has 1 unspecified atom stereocenters. The van der Waals surface area contributed by atoms with Gasteiger partial charge in [-0.3, -0.25) is 9.59 Å². The molecule has 0 aromatic heterocycles. The lowest BCUT2D eigenvalue weighted by Crippen LogP contribution is -2.49. The van der Waals surface area contributed by atoms with Crippen LogP contribution >= 0.6 is 0 Å². The molecule has 0 bridgehead atoms. The summed E-state index contributed by atoms with van der Waals surface area (Å²) >= 11 is 0. The zero-order valence-electron chi connectivity index (χ0n) is 23.7. The van der Waals surface area contributed by atoms with E-state index in [1.807, 2.05) is 0 Å². The average molecular weight is 537 g/mol. The highest BCUT2D eigenvalue weighted by molar-refractivity contribution is 5.89. The summed E-state index contributed by atoms with van der Waals surface area (Å²) < 4.78 is 13.9. The van der Waals surface area contributed by atoms with Gasteiger partial charge in [0.05, 0.1) is 0 Å². The molecule has 39 heavy (non-hydrogen) atoms. The number of halogens is 1. The summed E-state index contributed by atoms with van der Waals surface area (Å²) in [6.45, 7) is 8.62. The van der Waals surface area contributed by atoms with Gasteiger partial charge in [0.15, 0.2) is 0 Å². The molecular weight excluding hydrogens is 491 g/mol.